The van der Waals surface area contributed by atoms with Crippen molar-refractivity contribution < 1.29 is 9.53 Å². The van der Waals surface area contributed by atoms with Gasteiger partial charge in [-0.1, -0.05) is 18.2 Å². The third-order valence-corrected chi connectivity index (χ3v) is 3.63. The Bertz CT molecular complexity index is 673. The number of rotatable bonds is 8. The van der Waals surface area contributed by atoms with E-state index in [-0.39, 0.29) is 5.91 Å². The number of nitrogens with zero attached hydrogens (tertiary/aromatic N) is 2. The number of aromatic nitrogens is 1. The number of benzene rings is 1. The molecule has 0 spiro atoms. The highest BCUT2D eigenvalue weighted by Gasteiger charge is 2.08. The molecule has 24 heavy (non-hydrogen) atoms. The highest BCUT2D eigenvalue weighted by atomic mass is 16.5. The molecule has 1 aromatic heterocycles. The fourth-order valence-electron chi connectivity index (χ4n) is 2.35. The highest BCUT2D eigenvalue weighted by Crippen LogP contribution is 2.16. The smallest absolute Gasteiger partial charge is 0.239 e. The van der Waals surface area contributed by atoms with Crippen LogP contribution in [0.25, 0.3) is 0 Å². The largest absolute Gasteiger partial charge is 0.493 e. The quantitative estimate of drug-likeness (QED) is 0.757. The van der Waals surface area contributed by atoms with Crippen LogP contribution in [0.5, 0.6) is 5.75 Å². The van der Waals surface area contributed by atoms with Gasteiger partial charge in [0.25, 0.3) is 0 Å². The fourth-order valence-corrected chi connectivity index (χ4v) is 2.35. The number of anilines is 1. The third-order valence-electron chi connectivity index (χ3n) is 3.63. The first kappa shape index (κ1) is 17.9. The second-order valence-electron chi connectivity index (χ2n) is 5.97. The van der Waals surface area contributed by atoms with Crippen LogP contribution in [0.3, 0.4) is 0 Å². The van der Waals surface area contributed by atoms with Gasteiger partial charge in [-0.05, 0) is 56.6 Å². The van der Waals surface area contributed by atoms with E-state index in [1.54, 1.807) is 6.20 Å². The molecule has 2 rings (SSSR count). The van der Waals surface area contributed by atoms with Gasteiger partial charge in [-0.15, -0.1) is 0 Å². The molecule has 2 aromatic rings. The second kappa shape index (κ2) is 9.03. The van der Waals surface area contributed by atoms with Gasteiger partial charge in [-0.3, -0.25) is 9.69 Å². The van der Waals surface area contributed by atoms with Gasteiger partial charge >= 0.3 is 0 Å². The molecule has 0 radical (unpaired) electrons. The molecule has 0 aliphatic heterocycles. The predicted molar refractivity (Wildman–Crippen MR) is 96.4 cm³/mol. The van der Waals surface area contributed by atoms with Gasteiger partial charge in [0, 0.05) is 12.7 Å². The molecule has 0 bridgehead atoms. The Morgan fingerprint density at radius 1 is 1.25 bits per heavy atom. The molecular formula is C19H25N3O2. The SMILES string of the molecule is Cc1ccnc(NC(=O)CN(C)CCCOc2ccccc2C)c1. The van der Waals surface area contributed by atoms with Gasteiger partial charge in [0.1, 0.15) is 11.6 Å². The summed E-state index contributed by atoms with van der Waals surface area (Å²) in [4.78, 5) is 18.1. The topological polar surface area (TPSA) is 54.5 Å². The van der Waals surface area contributed by atoms with Crippen molar-refractivity contribution in [3.63, 3.8) is 0 Å². The van der Waals surface area contributed by atoms with E-state index in [9.17, 15) is 4.79 Å². The summed E-state index contributed by atoms with van der Waals surface area (Å²) in [6.07, 6.45) is 2.55. The Balaban J connectivity index is 1.66. The molecule has 0 saturated heterocycles. The summed E-state index contributed by atoms with van der Waals surface area (Å²) in [6, 6.07) is 11.7. The molecule has 1 aromatic carbocycles. The third kappa shape index (κ3) is 6.01. The Labute approximate surface area is 143 Å². The molecule has 0 atom stereocenters. The number of carbonyl (C=O) groups is 1. The summed E-state index contributed by atoms with van der Waals surface area (Å²) in [5.41, 5.74) is 2.21. The van der Waals surface area contributed by atoms with E-state index in [0.29, 0.717) is 19.0 Å². The first-order valence-corrected chi connectivity index (χ1v) is 8.14. The van der Waals surface area contributed by atoms with Crippen molar-refractivity contribution in [3.05, 3.63) is 53.7 Å². The van der Waals surface area contributed by atoms with Crippen molar-refractivity contribution in [2.75, 3.05) is 32.1 Å². The van der Waals surface area contributed by atoms with Crippen LogP contribution in [0.1, 0.15) is 17.5 Å². The minimum absolute atomic E-state index is 0.0598. The van der Waals surface area contributed by atoms with Crippen LogP contribution in [0.4, 0.5) is 5.82 Å². The van der Waals surface area contributed by atoms with Crippen LogP contribution in [-0.2, 0) is 4.79 Å². The van der Waals surface area contributed by atoms with E-state index in [0.717, 1.165) is 29.8 Å². The highest BCUT2D eigenvalue weighted by molar-refractivity contribution is 5.91. The van der Waals surface area contributed by atoms with E-state index in [4.69, 9.17) is 4.74 Å². The van der Waals surface area contributed by atoms with E-state index in [1.165, 1.54) is 0 Å². The minimum atomic E-state index is -0.0598. The Kier molecular flexibility index (Phi) is 6.75. The standard InChI is InChI=1S/C19H25N3O2/c1-15-9-10-20-18(13-15)21-19(23)14-22(3)11-6-12-24-17-8-5-4-7-16(17)2/h4-5,7-10,13H,6,11-12,14H2,1-3H3,(H,20,21,23). The van der Waals surface area contributed by atoms with Crippen LogP contribution >= 0.6 is 0 Å². The molecule has 0 aliphatic carbocycles. The van der Waals surface area contributed by atoms with Crippen molar-refractivity contribution in [2.45, 2.75) is 20.3 Å². The number of likely N-dealkylation sites (N-methyl/N-ethyl adjacent to an activating group) is 1. The number of aryl methyl sites for hydroxylation is 2. The van der Waals surface area contributed by atoms with Crippen molar-refractivity contribution >= 4 is 11.7 Å². The van der Waals surface area contributed by atoms with Crippen LogP contribution in [-0.4, -0.2) is 42.5 Å². The lowest BCUT2D eigenvalue weighted by molar-refractivity contribution is -0.117. The summed E-state index contributed by atoms with van der Waals surface area (Å²) in [5, 5.41) is 2.81. The maximum Gasteiger partial charge on any atom is 0.239 e. The molecule has 1 heterocycles. The average molecular weight is 327 g/mol. The molecule has 0 unspecified atom stereocenters. The Morgan fingerprint density at radius 2 is 2.04 bits per heavy atom. The van der Waals surface area contributed by atoms with Crippen molar-refractivity contribution in [2.24, 2.45) is 0 Å². The first-order valence-electron chi connectivity index (χ1n) is 8.14. The number of amides is 1. The number of para-hydroxylation sites is 1. The lowest BCUT2D eigenvalue weighted by Gasteiger charge is -2.16. The Morgan fingerprint density at radius 3 is 2.79 bits per heavy atom. The van der Waals surface area contributed by atoms with Crippen molar-refractivity contribution in [1.29, 1.82) is 0 Å². The number of pyridine rings is 1. The summed E-state index contributed by atoms with van der Waals surface area (Å²) < 4.78 is 5.76. The van der Waals surface area contributed by atoms with E-state index < -0.39 is 0 Å². The van der Waals surface area contributed by atoms with Gasteiger partial charge in [0.15, 0.2) is 0 Å². The first-order chi connectivity index (χ1) is 11.5. The normalized spacial score (nSPS) is 10.7. The molecule has 128 valence electrons. The van der Waals surface area contributed by atoms with Crippen LogP contribution in [0.2, 0.25) is 0 Å². The number of hydrogen-bond acceptors (Lipinski definition) is 4. The summed E-state index contributed by atoms with van der Waals surface area (Å²) in [5.74, 6) is 1.45. The van der Waals surface area contributed by atoms with Gasteiger partial charge in [0.05, 0.1) is 13.2 Å². The summed E-state index contributed by atoms with van der Waals surface area (Å²) in [6.45, 7) is 5.76. The predicted octanol–water partition coefficient (Wildman–Crippen LogP) is 3.04. The lowest BCUT2D eigenvalue weighted by Crippen LogP contribution is -2.31. The van der Waals surface area contributed by atoms with Gasteiger partial charge in [-0.2, -0.15) is 0 Å². The van der Waals surface area contributed by atoms with Crippen molar-refractivity contribution in [3.8, 4) is 5.75 Å². The fraction of sp³-hybridized carbons (Fsp3) is 0.368. The van der Waals surface area contributed by atoms with Gasteiger partial charge < -0.3 is 10.1 Å². The van der Waals surface area contributed by atoms with E-state index in [1.807, 2.05) is 62.2 Å². The van der Waals surface area contributed by atoms with Gasteiger partial charge in [-0.25, -0.2) is 4.98 Å². The summed E-state index contributed by atoms with van der Waals surface area (Å²) in [7, 11) is 1.93. The van der Waals surface area contributed by atoms with Crippen LogP contribution < -0.4 is 10.1 Å². The number of carbonyl (C=O) groups excluding carboxylic acids is 1. The molecule has 1 N–H and O–H groups in total. The number of nitrogens with one attached hydrogen (secondary N) is 1. The maximum absolute atomic E-state index is 12.0. The zero-order valence-corrected chi connectivity index (χ0v) is 14.6. The lowest BCUT2D eigenvalue weighted by atomic mass is 10.2. The maximum atomic E-state index is 12.0. The van der Waals surface area contributed by atoms with Crippen molar-refractivity contribution in [1.82, 2.24) is 9.88 Å². The monoisotopic (exact) mass is 327 g/mol. The summed E-state index contributed by atoms with van der Waals surface area (Å²) >= 11 is 0. The van der Waals surface area contributed by atoms with E-state index in [2.05, 4.69) is 10.3 Å². The zero-order chi connectivity index (χ0) is 17.4. The molecule has 1 amide bonds. The average Bonchev–Trinajstić information content (AvgIpc) is 2.53. The minimum Gasteiger partial charge on any atom is -0.493 e. The Hall–Kier alpha value is -2.40. The molecule has 0 fully saturated rings. The van der Waals surface area contributed by atoms with E-state index >= 15 is 0 Å². The molecular weight excluding hydrogens is 302 g/mol. The number of hydrogen-bond donors (Lipinski definition) is 1. The van der Waals surface area contributed by atoms with Crippen LogP contribution in [0, 0.1) is 13.8 Å². The molecule has 0 aliphatic rings. The van der Waals surface area contributed by atoms with Crippen LogP contribution in [0.15, 0.2) is 42.6 Å². The number of ether oxygens (including phenoxy) is 1. The second-order valence-corrected chi connectivity index (χ2v) is 5.97. The van der Waals surface area contributed by atoms with Gasteiger partial charge in [0.2, 0.25) is 5.91 Å². The molecule has 5 heteroatoms. The molecule has 0 saturated carbocycles. The molecule has 5 nitrogen and oxygen atoms in total. The zero-order valence-electron chi connectivity index (χ0n) is 14.6.